The molecule has 5 nitrogen and oxygen atoms in total. The first-order valence-electron chi connectivity index (χ1n) is 6.31. The number of hydrogen-bond acceptors (Lipinski definition) is 4. The van der Waals surface area contributed by atoms with E-state index in [4.69, 9.17) is 16.3 Å². The van der Waals surface area contributed by atoms with Crippen molar-refractivity contribution < 1.29 is 14.6 Å². The van der Waals surface area contributed by atoms with Crippen LogP contribution < -0.4 is 4.90 Å². The van der Waals surface area contributed by atoms with Crippen LogP contribution in [0.1, 0.15) is 10.4 Å². The van der Waals surface area contributed by atoms with E-state index in [0.29, 0.717) is 29.1 Å². The number of benzene rings is 1. The summed E-state index contributed by atoms with van der Waals surface area (Å²) in [6.45, 7) is 2.78. The molecule has 0 unspecified atom stereocenters. The number of halogens is 1. The SMILES string of the molecule is O=C(O)c1ccnc2cc(Cl)c(N3CCOCC3)cc12. The summed E-state index contributed by atoms with van der Waals surface area (Å²) in [7, 11) is 0. The van der Waals surface area contributed by atoms with Crippen molar-refractivity contribution in [3.63, 3.8) is 0 Å². The molecule has 20 heavy (non-hydrogen) atoms. The normalized spacial score (nSPS) is 15.6. The predicted octanol–water partition coefficient (Wildman–Crippen LogP) is 2.42. The van der Waals surface area contributed by atoms with E-state index in [1.165, 1.54) is 12.3 Å². The molecule has 1 aromatic carbocycles. The minimum Gasteiger partial charge on any atom is -0.478 e. The first-order chi connectivity index (χ1) is 9.66. The first kappa shape index (κ1) is 13.1. The number of morpholine rings is 1. The molecule has 0 bridgehead atoms. The Morgan fingerprint density at radius 3 is 2.80 bits per heavy atom. The van der Waals surface area contributed by atoms with Gasteiger partial charge in [0.15, 0.2) is 0 Å². The van der Waals surface area contributed by atoms with Crippen LogP contribution in [0.3, 0.4) is 0 Å². The van der Waals surface area contributed by atoms with E-state index >= 15 is 0 Å². The van der Waals surface area contributed by atoms with E-state index < -0.39 is 5.97 Å². The molecule has 0 atom stereocenters. The van der Waals surface area contributed by atoms with Gasteiger partial charge in [0.2, 0.25) is 0 Å². The Bertz CT molecular complexity index is 669. The van der Waals surface area contributed by atoms with Gasteiger partial charge in [0, 0.05) is 24.7 Å². The molecule has 1 aliphatic heterocycles. The molecule has 104 valence electrons. The van der Waals surface area contributed by atoms with E-state index in [0.717, 1.165) is 18.8 Å². The summed E-state index contributed by atoms with van der Waals surface area (Å²) < 4.78 is 5.32. The maximum Gasteiger partial charge on any atom is 0.336 e. The van der Waals surface area contributed by atoms with Gasteiger partial charge >= 0.3 is 5.97 Å². The molecule has 2 heterocycles. The van der Waals surface area contributed by atoms with Crippen LogP contribution in [0.15, 0.2) is 24.4 Å². The van der Waals surface area contributed by atoms with Crippen molar-refractivity contribution in [2.24, 2.45) is 0 Å². The topological polar surface area (TPSA) is 62.7 Å². The number of carboxylic acid groups (broad SMARTS) is 1. The molecule has 1 aromatic heterocycles. The van der Waals surface area contributed by atoms with E-state index in [-0.39, 0.29) is 5.56 Å². The Labute approximate surface area is 120 Å². The maximum absolute atomic E-state index is 11.3. The molecular formula is C14H13ClN2O3. The second-order valence-electron chi connectivity index (χ2n) is 4.58. The van der Waals surface area contributed by atoms with Crippen LogP contribution in [0, 0.1) is 0 Å². The lowest BCUT2D eigenvalue weighted by atomic mass is 10.1. The van der Waals surface area contributed by atoms with Gasteiger partial charge in [0.25, 0.3) is 0 Å². The van der Waals surface area contributed by atoms with Gasteiger partial charge in [-0.15, -0.1) is 0 Å². The van der Waals surface area contributed by atoms with Crippen molar-refractivity contribution in [1.29, 1.82) is 0 Å². The third kappa shape index (κ3) is 2.30. The minimum atomic E-state index is -0.965. The third-order valence-corrected chi connectivity index (χ3v) is 3.70. The summed E-state index contributed by atoms with van der Waals surface area (Å²) in [6.07, 6.45) is 1.48. The maximum atomic E-state index is 11.3. The molecule has 0 amide bonds. The number of carbonyl (C=O) groups is 1. The molecule has 1 fully saturated rings. The van der Waals surface area contributed by atoms with Crippen LogP contribution in [0.5, 0.6) is 0 Å². The average molecular weight is 293 g/mol. The fraction of sp³-hybridized carbons (Fsp3) is 0.286. The Hall–Kier alpha value is -1.85. The number of hydrogen-bond donors (Lipinski definition) is 1. The van der Waals surface area contributed by atoms with Gasteiger partial charge in [-0.25, -0.2) is 4.79 Å². The zero-order chi connectivity index (χ0) is 14.1. The molecule has 0 saturated carbocycles. The number of anilines is 1. The average Bonchev–Trinajstić information content (AvgIpc) is 2.46. The van der Waals surface area contributed by atoms with Crippen molar-refractivity contribution in [1.82, 2.24) is 4.98 Å². The summed E-state index contributed by atoms with van der Waals surface area (Å²) in [5.74, 6) is -0.965. The summed E-state index contributed by atoms with van der Waals surface area (Å²) in [6, 6.07) is 5.02. The molecule has 6 heteroatoms. The van der Waals surface area contributed by atoms with Crippen LogP contribution in [0.2, 0.25) is 5.02 Å². The van der Waals surface area contributed by atoms with Gasteiger partial charge in [-0.05, 0) is 18.2 Å². The summed E-state index contributed by atoms with van der Waals surface area (Å²) >= 11 is 6.30. The molecule has 0 aliphatic carbocycles. The van der Waals surface area contributed by atoms with Crippen LogP contribution in [-0.4, -0.2) is 42.4 Å². The van der Waals surface area contributed by atoms with Gasteiger partial charge < -0.3 is 14.7 Å². The number of carboxylic acids is 1. The van der Waals surface area contributed by atoms with Crippen molar-refractivity contribution in [3.05, 3.63) is 35.0 Å². The van der Waals surface area contributed by atoms with Crippen molar-refractivity contribution in [2.45, 2.75) is 0 Å². The monoisotopic (exact) mass is 292 g/mol. The Balaban J connectivity index is 2.15. The Morgan fingerprint density at radius 1 is 1.35 bits per heavy atom. The zero-order valence-corrected chi connectivity index (χ0v) is 11.4. The highest BCUT2D eigenvalue weighted by atomic mass is 35.5. The highest BCUT2D eigenvalue weighted by Crippen LogP contribution is 2.32. The quantitative estimate of drug-likeness (QED) is 0.921. The number of aromatic carboxylic acids is 1. The number of rotatable bonds is 2. The van der Waals surface area contributed by atoms with E-state index in [1.807, 2.05) is 0 Å². The lowest BCUT2D eigenvalue weighted by Gasteiger charge is -2.29. The van der Waals surface area contributed by atoms with Crippen LogP contribution in [0.4, 0.5) is 5.69 Å². The number of aromatic nitrogens is 1. The fourth-order valence-electron chi connectivity index (χ4n) is 2.39. The molecule has 2 aromatic rings. The summed E-state index contributed by atoms with van der Waals surface area (Å²) in [5, 5.41) is 10.4. The van der Waals surface area contributed by atoms with Gasteiger partial charge in [0.1, 0.15) is 0 Å². The van der Waals surface area contributed by atoms with E-state index in [9.17, 15) is 9.90 Å². The molecule has 1 N–H and O–H groups in total. The van der Waals surface area contributed by atoms with Gasteiger partial charge in [-0.1, -0.05) is 11.6 Å². The molecule has 1 saturated heterocycles. The van der Waals surface area contributed by atoms with Gasteiger partial charge in [-0.2, -0.15) is 0 Å². The van der Waals surface area contributed by atoms with E-state index in [1.54, 1.807) is 12.1 Å². The zero-order valence-electron chi connectivity index (χ0n) is 10.7. The van der Waals surface area contributed by atoms with Crippen LogP contribution in [-0.2, 0) is 4.74 Å². The fourth-order valence-corrected chi connectivity index (χ4v) is 2.67. The molecule has 3 rings (SSSR count). The van der Waals surface area contributed by atoms with E-state index in [2.05, 4.69) is 9.88 Å². The number of ether oxygens (including phenoxy) is 1. The van der Waals surface area contributed by atoms with Gasteiger partial charge in [-0.3, -0.25) is 4.98 Å². The minimum absolute atomic E-state index is 0.237. The van der Waals surface area contributed by atoms with Crippen molar-refractivity contribution in [2.75, 3.05) is 31.2 Å². The summed E-state index contributed by atoms with van der Waals surface area (Å²) in [5.41, 5.74) is 1.66. The van der Waals surface area contributed by atoms with Gasteiger partial charge in [0.05, 0.1) is 35.0 Å². The smallest absolute Gasteiger partial charge is 0.336 e. The van der Waals surface area contributed by atoms with Crippen molar-refractivity contribution >= 4 is 34.2 Å². The second-order valence-corrected chi connectivity index (χ2v) is 4.99. The van der Waals surface area contributed by atoms with Crippen molar-refractivity contribution in [3.8, 4) is 0 Å². The lowest BCUT2D eigenvalue weighted by Crippen LogP contribution is -2.36. The predicted molar refractivity (Wildman–Crippen MR) is 76.7 cm³/mol. The Kier molecular flexibility index (Phi) is 3.46. The molecular weight excluding hydrogens is 280 g/mol. The molecule has 1 aliphatic rings. The lowest BCUT2D eigenvalue weighted by molar-refractivity contribution is 0.0699. The molecule has 0 spiro atoms. The highest BCUT2D eigenvalue weighted by Gasteiger charge is 2.17. The number of pyridine rings is 1. The largest absolute Gasteiger partial charge is 0.478 e. The Morgan fingerprint density at radius 2 is 2.10 bits per heavy atom. The first-order valence-corrected chi connectivity index (χ1v) is 6.69. The summed E-state index contributed by atoms with van der Waals surface area (Å²) in [4.78, 5) is 17.6. The number of fused-ring (bicyclic) bond motifs is 1. The van der Waals surface area contributed by atoms with Crippen LogP contribution >= 0.6 is 11.6 Å². The second kappa shape index (κ2) is 5.26. The standard InChI is InChI=1S/C14H13ClN2O3/c15-11-8-12-10(9(14(18)19)1-2-16-12)7-13(11)17-3-5-20-6-4-17/h1-2,7-8H,3-6H2,(H,18,19). The molecule has 0 radical (unpaired) electrons. The number of nitrogens with zero attached hydrogens (tertiary/aromatic N) is 2. The highest BCUT2D eigenvalue weighted by molar-refractivity contribution is 6.34. The van der Waals surface area contributed by atoms with Crippen LogP contribution in [0.25, 0.3) is 10.9 Å². The third-order valence-electron chi connectivity index (χ3n) is 3.39.